The standard InChI is InChI=1S/C17H31ClN2O5S/c1-4-9-5-6-19-10(7-9)16(24)20-11(8(2)18)15-13(22)12(21)14(23)17(25-15)26-3/h8-15,17,19,21-23H,4-7H2,1-3H3,(H,20,24)/t8-,9+,10-,11+,12?,13?,14?,15?,17?/m0/s1. The van der Waals surface area contributed by atoms with Gasteiger partial charge in [-0.25, -0.2) is 0 Å². The van der Waals surface area contributed by atoms with E-state index in [0.717, 1.165) is 25.8 Å². The molecule has 2 aliphatic heterocycles. The molecular formula is C17H31ClN2O5S. The minimum absolute atomic E-state index is 0.183. The van der Waals surface area contributed by atoms with Gasteiger partial charge in [0.15, 0.2) is 0 Å². The molecule has 0 bridgehead atoms. The van der Waals surface area contributed by atoms with E-state index in [0.29, 0.717) is 5.92 Å². The molecule has 1 amide bonds. The second kappa shape index (κ2) is 9.91. The largest absolute Gasteiger partial charge is 0.388 e. The van der Waals surface area contributed by atoms with Crippen molar-refractivity contribution >= 4 is 29.3 Å². The maximum atomic E-state index is 12.7. The van der Waals surface area contributed by atoms with Crippen molar-refractivity contribution in [3.8, 4) is 0 Å². The van der Waals surface area contributed by atoms with Gasteiger partial charge in [0.25, 0.3) is 0 Å². The first kappa shape index (κ1) is 22.2. The molecule has 7 nitrogen and oxygen atoms in total. The molecule has 0 aliphatic carbocycles. The van der Waals surface area contributed by atoms with Gasteiger partial charge in [-0.3, -0.25) is 4.79 Å². The Bertz CT molecular complexity index is 470. The molecule has 9 heteroatoms. The average Bonchev–Trinajstić information content (AvgIpc) is 2.64. The van der Waals surface area contributed by atoms with Gasteiger partial charge < -0.3 is 30.7 Å². The van der Waals surface area contributed by atoms with Crippen LogP contribution in [0.25, 0.3) is 0 Å². The summed E-state index contributed by atoms with van der Waals surface area (Å²) in [7, 11) is 0. The second-order valence-corrected chi connectivity index (χ2v) is 8.82. The first-order valence-electron chi connectivity index (χ1n) is 9.20. The number of ether oxygens (including phenoxy) is 1. The van der Waals surface area contributed by atoms with Crippen molar-refractivity contribution in [2.75, 3.05) is 12.8 Å². The van der Waals surface area contributed by atoms with E-state index >= 15 is 0 Å². The number of carbonyl (C=O) groups is 1. The maximum absolute atomic E-state index is 12.7. The predicted molar refractivity (Wildman–Crippen MR) is 102 cm³/mol. The van der Waals surface area contributed by atoms with Gasteiger partial charge in [-0.15, -0.1) is 23.4 Å². The number of rotatable bonds is 6. The fraction of sp³-hybridized carbons (Fsp3) is 0.941. The zero-order valence-electron chi connectivity index (χ0n) is 15.5. The Morgan fingerprint density at radius 2 is 2.04 bits per heavy atom. The Morgan fingerprint density at radius 1 is 1.35 bits per heavy atom. The number of nitrogens with one attached hydrogen (secondary N) is 2. The Balaban J connectivity index is 2.09. The second-order valence-electron chi connectivity index (χ2n) is 7.19. The number of aliphatic hydroxyl groups is 3. The van der Waals surface area contributed by atoms with Gasteiger partial charge in [-0.05, 0) is 38.5 Å². The molecule has 2 rings (SSSR count). The third-order valence-electron chi connectivity index (χ3n) is 5.40. The summed E-state index contributed by atoms with van der Waals surface area (Å²) in [5.74, 6) is 0.325. The van der Waals surface area contributed by atoms with Crippen molar-refractivity contribution in [3.05, 3.63) is 0 Å². The fourth-order valence-corrected chi connectivity index (χ4v) is 4.54. The van der Waals surface area contributed by atoms with Crippen LogP contribution >= 0.6 is 23.4 Å². The highest BCUT2D eigenvalue weighted by Crippen LogP contribution is 2.30. The molecule has 152 valence electrons. The van der Waals surface area contributed by atoms with E-state index in [2.05, 4.69) is 17.6 Å². The summed E-state index contributed by atoms with van der Waals surface area (Å²) in [5, 5.41) is 36.1. The summed E-state index contributed by atoms with van der Waals surface area (Å²) >= 11 is 7.51. The molecule has 26 heavy (non-hydrogen) atoms. The van der Waals surface area contributed by atoms with Crippen LogP contribution in [0.3, 0.4) is 0 Å². The van der Waals surface area contributed by atoms with Crippen LogP contribution in [0.1, 0.15) is 33.1 Å². The van der Waals surface area contributed by atoms with Gasteiger partial charge in [0.1, 0.15) is 29.9 Å². The van der Waals surface area contributed by atoms with E-state index in [1.807, 2.05) is 0 Å². The minimum atomic E-state index is -1.36. The lowest BCUT2D eigenvalue weighted by atomic mass is 9.89. The molecule has 0 aromatic heterocycles. The molecule has 2 saturated heterocycles. The number of alkyl halides is 1. The predicted octanol–water partition coefficient (Wildman–Crippen LogP) is 0.0473. The topological polar surface area (TPSA) is 111 Å². The Hall–Kier alpha value is -0.0900. The molecule has 0 radical (unpaired) electrons. The summed E-state index contributed by atoms with van der Waals surface area (Å²) in [6.07, 6.45) is -0.236. The maximum Gasteiger partial charge on any atom is 0.237 e. The van der Waals surface area contributed by atoms with E-state index < -0.39 is 41.3 Å². The summed E-state index contributed by atoms with van der Waals surface area (Å²) in [6, 6.07) is -1.00. The van der Waals surface area contributed by atoms with Crippen molar-refractivity contribution in [2.24, 2.45) is 5.92 Å². The number of aliphatic hydroxyl groups excluding tert-OH is 3. The van der Waals surface area contributed by atoms with E-state index in [4.69, 9.17) is 16.3 Å². The lowest BCUT2D eigenvalue weighted by molar-refractivity contribution is -0.205. The van der Waals surface area contributed by atoms with Gasteiger partial charge in [0, 0.05) is 0 Å². The number of amides is 1. The minimum Gasteiger partial charge on any atom is -0.388 e. The van der Waals surface area contributed by atoms with Gasteiger partial charge in [-0.2, -0.15) is 0 Å². The molecule has 0 aromatic rings. The van der Waals surface area contributed by atoms with Crippen molar-refractivity contribution < 1.29 is 24.9 Å². The van der Waals surface area contributed by atoms with E-state index in [-0.39, 0.29) is 11.9 Å². The van der Waals surface area contributed by atoms with Crippen LogP contribution in [0.5, 0.6) is 0 Å². The normalized spacial score (nSPS) is 40.7. The molecule has 0 saturated carbocycles. The zero-order chi connectivity index (χ0) is 19.4. The van der Waals surface area contributed by atoms with Crippen LogP contribution in [0, 0.1) is 5.92 Å². The highest BCUT2D eigenvalue weighted by atomic mass is 35.5. The molecule has 0 spiro atoms. The SMILES string of the molecule is CC[C@@H]1CCN[C@H](C(=O)N[C@@H](C2OC(SC)C(O)C(O)C2O)[C@H](C)Cl)C1. The third kappa shape index (κ3) is 5.04. The number of thioether (sulfide) groups is 1. The van der Waals surface area contributed by atoms with Crippen LogP contribution in [0.15, 0.2) is 0 Å². The quantitative estimate of drug-likeness (QED) is 0.393. The number of carbonyl (C=O) groups excluding carboxylic acids is 1. The molecule has 2 aliphatic rings. The Labute approximate surface area is 164 Å². The molecule has 2 heterocycles. The number of piperidine rings is 1. The van der Waals surface area contributed by atoms with E-state index in [1.54, 1.807) is 13.2 Å². The number of hydrogen-bond donors (Lipinski definition) is 5. The van der Waals surface area contributed by atoms with Crippen LogP contribution in [-0.4, -0.2) is 81.3 Å². The smallest absolute Gasteiger partial charge is 0.237 e. The first-order chi connectivity index (χ1) is 12.3. The van der Waals surface area contributed by atoms with Crippen molar-refractivity contribution in [1.82, 2.24) is 10.6 Å². The van der Waals surface area contributed by atoms with Crippen molar-refractivity contribution in [3.63, 3.8) is 0 Å². The lowest BCUT2D eigenvalue weighted by Crippen LogP contribution is -2.65. The Kier molecular flexibility index (Phi) is 8.46. The molecular weight excluding hydrogens is 380 g/mol. The molecule has 5 unspecified atom stereocenters. The summed E-state index contributed by atoms with van der Waals surface area (Å²) < 4.78 is 5.77. The molecule has 0 aromatic carbocycles. The summed E-state index contributed by atoms with van der Waals surface area (Å²) in [4.78, 5) is 12.7. The van der Waals surface area contributed by atoms with Crippen LogP contribution < -0.4 is 10.6 Å². The van der Waals surface area contributed by atoms with Gasteiger partial charge in [-0.1, -0.05) is 13.3 Å². The number of hydrogen-bond acceptors (Lipinski definition) is 7. The zero-order valence-corrected chi connectivity index (χ0v) is 17.0. The van der Waals surface area contributed by atoms with Crippen molar-refractivity contribution in [2.45, 2.75) is 80.4 Å². The average molecular weight is 411 g/mol. The molecule has 5 N–H and O–H groups in total. The van der Waals surface area contributed by atoms with E-state index in [9.17, 15) is 20.1 Å². The van der Waals surface area contributed by atoms with Gasteiger partial charge in [0.2, 0.25) is 5.91 Å². The van der Waals surface area contributed by atoms with Crippen LogP contribution in [0.4, 0.5) is 0 Å². The highest BCUT2D eigenvalue weighted by Gasteiger charge is 2.48. The molecule has 2 fully saturated rings. The lowest BCUT2D eigenvalue weighted by Gasteiger charge is -2.44. The molecule has 9 atom stereocenters. The fourth-order valence-electron chi connectivity index (χ4n) is 3.66. The first-order valence-corrected chi connectivity index (χ1v) is 10.9. The monoisotopic (exact) mass is 410 g/mol. The summed E-state index contributed by atoms with van der Waals surface area (Å²) in [5.41, 5.74) is -0.703. The Morgan fingerprint density at radius 3 is 2.62 bits per heavy atom. The van der Waals surface area contributed by atoms with Crippen LogP contribution in [-0.2, 0) is 9.53 Å². The van der Waals surface area contributed by atoms with Gasteiger partial charge in [0.05, 0.1) is 17.5 Å². The van der Waals surface area contributed by atoms with Crippen LogP contribution in [0.2, 0.25) is 0 Å². The summed E-state index contributed by atoms with van der Waals surface area (Å²) in [6.45, 7) is 4.62. The van der Waals surface area contributed by atoms with Crippen molar-refractivity contribution in [1.29, 1.82) is 0 Å². The van der Waals surface area contributed by atoms with Gasteiger partial charge >= 0.3 is 0 Å². The van der Waals surface area contributed by atoms with E-state index in [1.165, 1.54) is 11.8 Å². The number of halogens is 1. The highest BCUT2D eigenvalue weighted by molar-refractivity contribution is 7.99. The third-order valence-corrected chi connectivity index (χ3v) is 6.53.